The molecule has 1 heterocycles. The number of nitrogens with zero attached hydrogens (tertiary/aromatic N) is 3. The zero-order valence-corrected chi connectivity index (χ0v) is 25.7. The molecule has 0 aliphatic carbocycles. The van der Waals surface area contributed by atoms with Crippen molar-refractivity contribution < 1.29 is 14.2 Å². The van der Waals surface area contributed by atoms with Gasteiger partial charge in [-0.1, -0.05) is 48.8 Å². The predicted octanol–water partition coefficient (Wildman–Crippen LogP) is 7.72. The fourth-order valence-corrected chi connectivity index (χ4v) is 4.90. The van der Waals surface area contributed by atoms with Crippen molar-refractivity contribution >= 4 is 33.0 Å². The van der Waals surface area contributed by atoms with Gasteiger partial charge in [-0.05, 0) is 80.6 Å². The molecule has 0 amide bonds. The van der Waals surface area contributed by atoms with Crippen LogP contribution in [0, 0.1) is 6.92 Å². The van der Waals surface area contributed by atoms with Crippen molar-refractivity contribution in [2.45, 2.75) is 60.0 Å². The van der Waals surface area contributed by atoms with Gasteiger partial charge >= 0.3 is 0 Å². The van der Waals surface area contributed by atoms with Gasteiger partial charge in [0.25, 0.3) is 5.56 Å². The lowest BCUT2D eigenvalue weighted by atomic mass is 9.96. The first-order valence-electron chi connectivity index (χ1n) is 13.6. The SMILES string of the molecule is CCOc1cc(C)c(-c2nc3ccccc3c(=O)n2N=Cc2cc(Br)cc(OC)c2O[C@@H](C)CC)cc1C(C)C. The van der Waals surface area contributed by atoms with Crippen molar-refractivity contribution in [3.05, 3.63) is 80.0 Å². The van der Waals surface area contributed by atoms with Crippen LogP contribution in [0.25, 0.3) is 22.3 Å². The third kappa shape index (κ3) is 6.07. The third-order valence-electron chi connectivity index (χ3n) is 6.75. The van der Waals surface area contributed by atoms with Gasteiger partial charge in [0.1, 0.15) is 5.75 Å². The Balaban J connectivity index is 1.98. The van der Waals surface area contributed by atoms with Gasteiger partial charge < -0.3 is 14.2 Å². The van der Waals surface area contributed by atoms with E-state index in [-0.39, 0.29) is 17.6 Å². The standard InChI is InChI=1S/C32H36BrN3O4/c1-8-21(6)40-30-22(15-23(33)16-29(30)38-7)18-34-36-31(35-27-13-11-10-12-24(27)32(36)37)26-17-25(19(3)4)28(39-9-2)14-20(26)5/h10-19,21H,8-9H2,1-7H3/t21-/m0/s1. The number of halogens is 1. The molecule has 3 aromatic carbocycles. The molecule has 0 saturated carbocycles. The smallest absolute Gasteiger partial charge is 0.282 e. The quantitative estimate of drug-likeness (QED) is 0.173. The van der Waals surface area contributed by atoms with E-state index in [0.717, 1.165) is 33.3 Å². The van der Waals surface area contributed by atoms with Gasteiger partial charge in [0, 0.05) is 15.6 Å². The van der Waals surface area contributed by atoms with Gasteiger partial charge in [-0.2, -0.15) is 9.78 Å². The average Bonchev–Trinajstić information content (AvgIpc) is 2.93. The fourth-order valence-electron chi connectivity index (χ4n) is 4.44. The summed E-state index contributed by atoms with van der Waals surface area (Å²) in [6, 6.07) is 15.1. The number of hydrogen-bond acceptors (Lipinski definition) is 6. The number of benzene rings is 3. The van der Waals surface area contributed by atoms with Crippen LogP contribution in [0.1, 0.15) is 63.6 Å². The number of rotatable bonds is 10. The van der Waals surface area contributed by atoms with Crippen LogP contribution in [0.2, 0.25) is 0 Å². The molecular formula is C32H36BrN3O4. The Morgan fingerprint density at radius 1 is 1.07 bits per heavy atom. The van der Waals surface area contributed by atoms with Crippen molar-refractivity contribution in [3.8, 4) is 28.6 Å². The molecule has 1 atom stereocenters. The summed E-state index contributed by atoms with van der Waals surface area (Å²) >= 11 is 3.56. The van der Waals surface area contributed by atoms with Crippen LogP contribution in [0.15, 0.2) is 62.9 Å². The van der Waals surface area contributed by atoms with E-state index in [1.54, 1.807) is 19.4 Å². The molecule has 0 N–H and O–H groups in total. The summed E-state index contributed by atoms with van der Waals surface area (Å²) in [4.78, 5) is 18.8. The largest absolute Gasteiger partial charge is 0.494 e. The highest BCUT2D eigenvalue weighted by atomic mass is 79.9. The maximum absolute atomic E-state index is 13.9. The van der Waals surface area contributed by atoms with Crippen molar-refractivity contribution in [2.24, 2.45) is 5.10 Å². The Bertz CT molecular complexity index is 1610. The van der Waals surface area contributed by atoms with E-state index >= 15 is 0 Å². The number of methoxy groups -OCH3 is 1. The van der Waals surface area contributed by atoms with E-state index in [1.807, 2.05) is 57.2 Å². The maximum atomic E-state index is 13.9. The number of ether oxygens (including phenoxy) is 3. The number of fused-ring (bicyclic) bond motifs is 1. The minimum Gasteiger partial charge on any atom is -0.494 e. The lowest BCUT2D eigenvalue weighted by molar-refractivity contribution is 0.207. The minimum atomic E-state index is -0.261. The molecule has 4 rings (SSSR count). The molecule has 0 aliphatic heterocycles. The fraction of sp³-hybridized carbons (Fsp3) is 0.344. The van der Waals surface area contributed by atoms with Crippen molar-refractivity contribution in [1.82, 2.24) is 9.66 Å². The summed E-state index contributed by atoms with van der Waals surface area (Å²) in [5, 5.41) is 5.20. The van der Waals surface area contributed by atoms with Crippen LogP contribution in [0.5, 0.6) is 17.2 Å². The predicted molar refractivity (Wildman–Crippen MR) is 166 cm³/mol. The minimum absolute atomic E-state index is 0.0381. The molecule has 1 aromatic heterocycles. The van der Waals surface area contributed by atoms with E-state index in [2.05, 4.69) is 42.8 Å². The van der Waals surface area contributed by atoms with Crippen LogP contribution in [0.4, 0.5) is 0 Å². The molecule has 0 saturated heterocycles. The summed E-state index contributed by atoms with van der Waals surface area (Å²) < 4.78 is 19.9. The molecule has 4 aromatic rings. The average molecular weight is 607 g/mol. The number of para-hydroxylation sites is 1. The molecule has 0 fully saturated rings. The molecule has 0 aliphatic rings. The summed E-state index contributed by atoms with van der Waals surface area (Å²) in [6.45, 7) is 12.8. The van der Waals surface area contributed by atoms with Crippen LogP contribution >= 0.6 is 15.9 Å². The molecule has 0 spiro atoms. The van der Waals surface area contributed by atoms with Gasteiger partial charge in [0.05, 0.1) is 36.9 Å². The molecule has 8 heteroatoms. The first-order valence-corrected chi connectivity index (χ1v) is 14.4. The third-order valence-corrected chi connectivity index (χ3v) is 7.21. The molecule has 40 heavy (non-hydrogen) atoms. The van der Waals surface area contributed by atoms with Crippen molar-refractivity contribution in [2.75, 3.05) is 13.7 Å². The highest BCUT2D eigenvalue weighted by Crippen LogP contribution is 2.36. The van der Waals surface area contributed by atoms with Gasteiger partial charge in [0.2, 0.25) is 0 Å². The molecule has 210 valence electrons. The van der Waals surface area contributed by atoms with Gasteiger partial charge in [0.15, 0.2) is 17.3 Å². The Hall–Kier alpha value is -3.65. The lowest BCUT2D eigenvalue weighted by Gasteiger charge is -2.19. The van der Waals surface area contributed by atoms with Gasteiger partial charge in [-0.15, -0.1) is 0 Å². The Morgan fingerprint density at radius 2 is 1.82 bits per heavy atom. The molecule has 7 nitrogen and oxygen atoms in total. The monoisotopic (exact) mass is 605 g/mol. The second-order valence-corrected chi connectivity index (χ2v) is 10.9. The Morgan fingerprint density at radius 3 is 2.50 bits per heavy atom. The summed E-state index contributed by atoms with van der Waals surface area (Å²) in [5.74, 6) is 2.63. The maximum Gasteiger partial charge on any atom is 0.282 e. The highest BCUT2D eigenvalue weighted by Gasteiger charge is 2.19. The first kappa shape index (κ1) is 29.3. The van der Waals surface area contributed by atoms with Gasteiger partial charge in [-0.25, -0.2) is 4.98 Å². The summed E-state index contributed by atoms with van der Waals surface area (Å²) in [5.41, 5.74) is 3.81. The van der Waals surface area contributed by atoms with E-state index in [1.165, 1.54) is 4.68 Å². The van der Waals surface area contributed by atoms with E-state index in [4.69, 9.17) is 24.3 Å². The molecular weight excluding hydrogens is 570 g/mol. The highest BCUT2D eigenvalue weighted by molar-refractivity contribution is 9.10. The molecule has 0 radical (unpaired) electrons. The Kier molecular flexibility index (Phi) is 9.30. The number of aryl methyl sites for hydroxylation is 1. The summed E-state index contributed by atoms with van der Waals surface area (Å²) in [6.07, 6.45) is 2.41. The van der Waals surface area contributed by atoms with E-state index < -0.39 is 0 Å². The van der Waals surface area contributed by atoms with Crippen LogP contribution in [-0.4, -0.2) is 35.7 Å². The van der Waals surface area contributed by atoms with Gasteiger partial charge in [-0.3, -0.25) is 4.79 Å². The van der Waals surface area contributed by atoms with Crippen LogP contribution in [-0.2, 0) is 0 Å². The molecule has 0 bridgehead atoms. The topological polar surface area (TPSA) is 74.9 Å². The first-order chi connectivity index (χ1) is 19.2. The van der Waals surface area contributed by atoms with Crippen molar-refractivity contribution in [1.29, 1.82) is 0 Å². The molecule has 0 unspecified atom stereocenters. The second-order valence-electron chi connectivity index (χ2n) is 9.97. The van der Waals surface area contributed by atoms with Crippen LogP contribution in [0.3, 0.4) is 0 Å². The summed E-state index contributed by atoms with van der Waals surface area (Å²) in [7, 11) is 1.60. The lowest BCUT2D eigenvalue weighted by Crippen LogP contribution is -2.21. The van der Waals surface area contributed by atoms with Crippen molar-refractivity contribution in [3.63, 3.8) is 0 Å². The zero-order valence-electron chi connectivity index (χ0n) is 24.1. The second kappa shape index (κ2) is 12.7. The number of hydrogen-bond donors (Lipinski definition) is 0. The van der Waals surface area contributed by atoms with Crippen LogP contribution < -0.4 is 19.8 Å². The number of aromatic nitrogens is 2. The normalized spacial score (nSPS) is 12.3. The van der Waals surface area contributed by atoms with E-state index in [0.29, 0.717) is 40.4 Å². The Labute approximate surface area is 243 Å². The zero-order chi connectivity index (χ0) is 29.0. The van der Waals surface area contributed by atoms with E-state index in [9.17, 15) is 4.79 Å².